The van der Waals surface area contributed by atoms with Gasteiger partial charge in [0.15, 0.2) is 0 Å². The highest BCUT2D eigenvalue weighted by molar-refractivity contribution is 5.02. The molecule has 2 atom stereocenters. The standard InChI is InChI=1S/C12H25NO/c1-5-11(4)10-13(11)9-8-12(14,6-2)7-3/h14H,5-10H2,1-4H3. The van der Waals surface area contributed by atoms with Crippen molar-refractivity contribution < 1.29 is 5.11 Å². The van der Waals surface area contributed by atoms with Gasteiger partial charge in [-0.3, -0.25) is 4.90 Å². The van der Waals surface area contributed by atoms with Gasteiger partial charge >= 0.3 is 0 Å². The molecule has 1 fully saturated rings. The molecule has 1 aliphatic rings. The van der Waals surface area contributed by atoms with E-state index >= 15 is 0 Å². The summed E-state index contributed by atoms with van der Waals surface area (Å²) in [5, 5.41) is 10.1. The summed E-state index contributed by atoms with van der Waals surface area (Å²) in [6.07, 6.45) is 3.90. The van der Waals surface area contributed by atoms with Crippen LogP contribution in [0.3, 0.4) is 0 Å². The fourth-order valence-corrected chi connectivity index (χ4v) is 2.01. The first-order valence-electron chi connectivity index (χ1n) is 5.97. The number of rotatable bonds is 6. The highest BCUT2D eigenvalue weighted by Gasteiger charge is 2.45. The number of aliphatic hydroxyl groups is 1. The second kappa shape index (κ2) is 4.19. The molecule has 0 spiro atoms. The third kappa shape index (κ3) is 2.48. The van der Waals surface area contributed by atoms with Gasteiger partial charge in [-0.05, 0) is 32.6 Å². The quantitative estimate of drug-likeness (QED) is 0.664. The van der Waals surface area contributed by atoms with Crippen molar-refractivity contribution in [2.24, 2.45) is 0 Å². The highest BCUT2D eigenvalue weighted by atomic mass is 16.3. The zero-order chi connectivity index (χ0) is 10.8. The van der Waals surface area contributed by atoms with Crippen LogP contribution in [0, 0.1) is 0 Å². The molecular weight excluding hydrogens is 174 g/mol. The van der Waals surface area contributed by atoms with E-state index in [1.54, 1.807) is 0 Å². The second-order valence-electron chi connectivity index (χ2n) is 4.95. The smallest absolute Gasteiger partial charge is 0.0654 e. The Bertz CT molecular complexity index is 189. The summed E-state index contributed by atoms with van der Waals surface area (Å²) in [6.45, 7) is 11.0. The number of hydrogen-bond donors (Lipinski definition) is 1. The fourth-order valence-electron chi connectivity index (χ4n) is 2.01. The summed E-state index contributed by atoms with van der Waals surface area (Å²) in [7, 11) is 0. The average molecular weight is 199 g/mol. The Labute approximate surface area is 88.3 Å². The molecule has 0 saturated carbocycles. The Kier molecular flexibility index (Phi) is 3.59. The molecule has 84 valence electrons. The van der Waals surface area contributed by atoms with Gasteiger partial charge in [0.05, 0.1) is 5.60 Å². The van der Waals surface area contributed by atoms with Crippen LogP contribution in [-0.2, 0) is 0 Å². The maximum absolute atomic E-state index is 10.1. The van der Waals surface area contributed by atoms with Crippen LogP contribution in [0.4, 0.5) is 0 Å². The molecule has 2 unspecified atom stereocenters. The molecule has 2 nitrogen and oxygen atoms in total. The molecule has 1 saturated heterocycles. The van der Waals surface area contributed by atoms with Gasteiger partial charge in [0, 0.05) is 18.6 Å². The van der Waals surface area contributed by atoms with E-state index in [0.717, 1.165) is 25.8 Å². The summed E-state index contributed by atoms with van der Waals surface area (Å²) in [4.78, 5) is 2.48. The fraction of sp³-hybridized carbons (Fsp3) is 1.00. The van der Waals surface area contributed by atoms with Crippen LogP contribution in [-0.4, -0.2) is 34.2 Å². The predicted octanol–water partition coefficient (Wildman–Crippen LogP) is 2.41. The summed E-state index contributed by atoms with van der Waals surface area (Å²) in [6, 6.07) is 0. The molecule has 1 rings (SSSR count). The van der Waals surface area contributed by atoms with E-state index < -0.39 is 5.60 Å². The molecule has 0 aromatic carbocycles. The van der Waals surface area contributed by atoms with Gasteiger partial charge < -0.3 is 5.11 Å². The molecular formula is C12H25NO. The van der Waals surface area contributed by atoms with Crippen LogP contribution in [0.1, 0.15) is 53.4 Å². The van der Waals surface area contributed by atoms with Crippen molar-refractivity contribution >= 4 is 0 Å². The maximum Gasteiger partial charge on any atom is 0.0654 e. The van der Waals surface area contributed by atoms with E-state index in [4.69, 9.17) is 0 Å². The average Bonchev–Trinajstić information content (AvgIpc) is 2.87. The molecule has 2 heteroatoms. The Morgan fingerprint density at radius 2 is 1.86 bits per heavy atom. The molecule has 0 aromatic rings. The summed E-state index contributed by atoms with van der Waals surface area (Å²) < 4.78 is 0. The highest BCUT2D eigenvalue weighted by Crippen LogP contribution is 2.36. The lowest BCUT2D eigenvalue weighted by Crippen LogP contribution is -2.30. The van der Waals surface area contributed by atoms with Crippen molar-refractivity contribution in [3.63, 3.8) is 0 Å². The topological polar surface area (TPSA) is 23.2 Å². The number of hydrogen-bond acceptors (Lipinski definition) is 2. The molecule has 14 heavy (non-hydrogen) atoms. The van der Waals surface area contributed by atoms with E-state index in [1.165, 1.54) is 13.0 Å². The largest absolute Gasteiger partial charge is 0.390 e. The monoisotopic (exact) mass is 199 g/mol. The third-order valence-corrected chi connectivity index (χ3v) is 4.12. The van der Waals surface area contributed by atoms with Crippen LogP contribution >= 0.6 is 0 Å². The molecule has 0 bridgehead atoms. The first-order valence-corrected chi connectivity index (χ1v) is 5.97. The third-order valence-electron chi connectivity index (χ3n) is 4.12. The lowest BCUT2D eigenvalue weighted by molar-refractivity contribution is 0.0193. The minimum atomic E-state index is -0.419. The van der Waals surface area contributed by atoms with E-state index in [1.807, 2.05) is 0 Å². The maximum atomic E-state index is 10.1. The zero-order valence-corrected chi connectivity index (χ0v) is 10.1. The summed E-state index contributed by atoms with van der Waals surface area (Å²) >= 11 is 0. The Hall–Kier alpha value is -0.0800. The van der Waals surface area contributed by atoms with Crippen molar-refractivity contribution in [3.8, 4) is 0 Å². The molecule has 0 amide bonds. The number of nitrogens with zero attached hydrogens (tertiary/aromatic N) is 1. The van der Waals surface area contributed by atoms with Gasteiger partial charge in [-0.25, -0.2) is 0 Å². The minimum absolute atomic E-state index is 0.419. The zero-order valence-electron chi connectivity index (χ0n) is 10.1. The van der Waals surface area contributed by atoms with E-state index in [-0.39, 0.29) is 0 Å². The van der Waals surface area contributed by atoms with Crippen LogP contribution in [0.25, 0.3) is 0 Å². The van der Waals surface area contributed by atoms with Crippen LogP contribution in [0.5, 0.6) is 0 Å². The molecule has 1 aliphatic heterocycles. The second-order valence-corrected chi connectivity index (χ2v) is 4.95. The lowest BCUT2D eigenvalue weighted by atomic mass is 9.93. The van der Waals surface area contributed by atoms with E-state index in [2.05, 4.69) is 32.6 Å². The predicted molar refractivity (Wildman–Crippen MR) is 60.4 cm³/mol. The van der Waals surface area contributed by atoms with Gasteiger partial charge in [-0.2, -0.15) is 0 Å². The van der Waals surface area contributed by atoms with Crippen molar-refractivity contribution in [3.05, 3.63) is 0 Å². The minimum Gasteiger partial charge on any atom is -0.390 e. The Balaban J connectivity index is 2.28. The molecule has 0 radical (unpaired) electrons. The van der Waals surface area contributed by atoms with Crippen LogP contribution in [0.2, 0.25) is 0 Å². The van der Waals surface area contributed by atoms with Crippen molar-refractivity contribution in [1.82, 2.24) is 4.90 Å². The Morgan fingerprint density at radius 3 is 2.21 bits per heavy atom. The van der Waals surface area contributed by atoms with E-state index in [0.29, 0.717) is 5.54 Å². The van der Waals surface area contributed by atoms with Crippen molar-refractivity contribution in [2.45, 2.75) is 64.5 Å². The molecule has 1 heterocycles. The van der Waals surface area contributed by atoms with Gasteiger partial charge in [0.25, 0.3) is 0 Å². The summed E-state index contributed by atoms with van der Waals surface area (Å²) in [5.41, 5.74) is 0.0274. The van der Waals surface area contributed by atoms with Gasteiger partial charge in [-0.1, -0.05) is 20.8 Å². The van der Waals surface area contributed by atoms with Gasteiger partial charge in [-0.15, -0.1) is 0 Å². The van der Waals surface area contributed by atoms with Crippen LogP contribution in [0.15, 0.2) is 0 Å². The van der Waals surface area contributed by atoms with Gasteiger partial charge in [0.2, 0.25) is 0 Å². The lowest BCUT2D eigenvalue weighted by Gasteiger charge is -2.25. The first-order chi connectivity index (χ1) is 6.49. The van der Waals surface area contributed by atoms with Crippen LogP contribution < -0.4 is 0 Å². The Morgan fingerprint density at radius 1 is 1.29 bits per heavy atom. The molecule has 0 aromatic heterocycles. The van der Waals surface area contributed by atoms with Crippen molar-refractivity contribution in [2.75, 3.05) is 13.1 Å². The summed E-state index contributed by atoms with van der Waals surface area (Å²) in [5.74, 6) is 0. The molecule has 0 aliphatic carbocycles. The van der Waals surface area contributed by atoms with E-state index in [9.17, 15) is 5.11 Å². The SMILES string of the molecule is CCC(O)(CC)CCN1CC1(C)CC. The van der Waals surface area contributed by atoms with Gasteiger partial charge in [0.1, 0.15) is 0 Å². The first kappa shape index (κ1) is 12.0. The molecule has 1 N–H and O–H groups in total. The normalized spacial score (nSPS) is 31.9. The van der Waals surface area contributed by atoms with Crippen molar-refractivity contribution in [1.29, 1.82) is 0 Å².